The molecule has 0 fully saturated rings. The van der Waals surface area contributed by atoms with Crippen molar-refractivity contribution in [2.24, 2.45) is 5.14 Å². The molecule has 1 aliphatic rings. The van der Waals surface area contributed by atoms with Gasteiger partial charge in [-0.25, -0.2) is 23.5 Å². The highest BCUT2D eigenvalue weighted by atomic mass is 32.2. The van der Waals surface area contributed by atoms with Crippen LogP contribution in [0.1, 0.15) is 17.7 Å². The van der Waals surface area contributed by atoms with Gasteiger partial charge in [0.15, 0.2) is 0 Å². The third-order valence-electron chi connectivity index (χ3n) is 3.47. The van der Waals surface area contributed by atoms with Crippen LogP contribution in [0.2, 0.25) is 0 Å². The molecule has 3 rings (SSSR count). The van der Waals surface area contributed by atoms with E-state index in [2.05, 4.69) is 15.3 Å². The predicted octanol–water partition coefficient (Wildman–Crippen LogP) is 1.20. The lowest BCUT2D eigenvalue weighted by Gasteiger charge is -2.17. The molecule has 0 bridgehead atoms. The Balaban J connectivity index is 1.93. The van der Waals surface area contributed by atoms with Crippen molar-refractivity contribution in [2.45, 2.75) is 17.7 Å². The Morgan fingerprint density at radius 3 is 2.74 bits per heavy atom. The summed E-state index contributed by atoms with van der Waals surface area (Å²) in [6, 6.07) is 5.99. The van der Waals surface area contributed by atoms with Crippen LogP contribution in [0.15, 0.2) is 35.4 Å². The summed E-state index contributed by atoms with van der Waals surface area (Å²) in [5, 5.41) is 23.7. The van der Waals surface area contributed by atoms with E-state index in [9.17, 15) is 8.42 Å². The fraction of sp³-hybridized carbons (Fsp3) is 0.143. The van der Waals surface area contributed by atoms with Gasteiger partial charge in [0.1, 0.15) is 5.71 Å². The van der Waals surface area contributed by atoms with Gasteiger partial charge in [-0.2, -0.15) is 0 Å². The van der Waals surface area contributed by atoms with Crippen LogP contribution in [0.25, 0.3) is 0 Å². The highest BCUT2D eigenvalue weighted by molar-refractivity contribution is 7.89. The van der Waals surface area contributed by atoms with Crippen LogP contribution in [0.3, 0.4) is 0 Å². The minimum absolute atomic E-state index is 0.0185. The number of sulfonamides is 1. The topological polar surface area (TPSA) is 146 Å². The van der Waals surface area contributed by atoms with Gasteiger partial charge in [0.05, 0.1) is 16.3 Å². The van der Waals surface area contributed by atoms with Crippen molar-refractivity contribution in [1.29, 1.82) is 10.8 Å². The van der Waals surface area contributed by atoms with Gasteiger partial charge in [-0.1, -0.05) is 6.07 Å². The van der Waals surface area contributed by atoms with E-state index in [-0.39, 0.29) is 22.3 Å². The van der Waals surface area contributed by atoms with Crippen molar-refractivity contribution >= 4 is 33.1 Å². The molecule has 1 aromatic heterocycles. The Hall–Kier alpha value is -2.65. The quantitative estimate of drug-likeness (QED) is 0.668. The zero-order chi connectivity index (χ0) is 16.6. The Morgan fingerprint density at radius 1 is 1.22 bits per heavy atom. The molecule has 2 aromatic rings. The fourth-order valence-corrected chi connectivity index (χ4v) is 2.83. The summed E-state index contributed by atoms with van der Waals surface area (Å²) in [4.78, 5) is 8.41. The summed E-state index contributed by atoms with van der Waals surface area (Å²) >= 11 is 0. The molecular weight excluding hydrogens is 316 g/mol. The fourth-order valence-electron chi connectivity index (χ4n) is 2.27. The average Bonchev–Trinajstić information content (AvgIpc) is 2.51. The van der Waals surface area contributed by atoms with Gasteiger partial charge in [0.2, 0.25) is 16.0 Å². The minimum Gasteiger partial charge on any atom is -0.324 e. The van der Waals surface area contributed by atoms with E-state index in [4.69, 9.17) is 16.0 Å². The molecule has 0 unspecified atom stereocenters. The normalized spacial score (nSPS) is 14.5. The number of fused-ring (bicyclic) bond motifs is 1. The number of rotatable bonds is 3. The number of hydrogen-bond acceptors (Lipinski definition) is 7. The molecular formula is C14H14N6O2S. The smallest absolute Gasteiger partial charge is 0.238 e. The van der Waals surface area contributed by atoms with Crippen molar-refractivity contribution in [1.82, 2.24) is 9.97 Å². The molecule has 118 valence electrons. The lowest BCUT2D eigenvalue weighted by Crippen LogP contribution is -2.24. The van der Waals surface area contributed by atoms with Crippen molar-refractivity contribution < 1.29 is 8.42 Å². The molecule has 8 nitrogen and oxygen atoms in total. The second kappa shape index (κ2) is 5.52. The van der Waals surface area contributed by atoms with E-state index in [1.807, 2.05) is 0 Å². The molecule has 0 saturated heterocycles. The van der Waals surface area contributed by atoms with E-state index < -0.39 is 10.0 Å². The van der Waals surface area contributed by atoms with Crippen molar-refractivity contribution in [3.05, 3.63) is 41.7 Å². The molecule has 1 aromatic carbocycles. The van der Waals surface area contributed by atoms with Gasteiger partial charge in [0.25, 0.3) is 0 Å². The lowest BCUT2D eigenvalue weighted by molar-refractivity contribution is 0.598. The van der Waals surface area contributed by atoms with E-state index in [1.54, 1.807) is 18.3 Å². The van der Waals surface area contributed by atoms with Crippen molar-refractivity contribution in [3.8, 4) is 0 Å². The average molecular weight is 330 g/mol. The van der Waals surface area contributed by atoms with Gasteiger partial charge < -0.3 is 10.7 Å². The highest BCUT2D eigenvalue weighted by Crippen LogP contribution is 2.21. The zero-order valence-electron chi connectivity index (χ0n) is 12.0. The molecule has 23 heavy (non-hydrogen) atoms. The van der Waals surface area contributed by atoms with E-state index in [0.717, 1.165) is 5.56 Å². The first kappa shape index (κ1) is 15.3. The van der Waals surface area contributed by atoms with Crippen molar-refractivity contribution in [3.63, 3.8) is 0 Å². The number of hydrogen-bond donors (Lipinski definition) is 4. The summed E-state index contributed by atoms with van der Waals surface area (Å²) in [6.07, 6.45) is 2.77. The number of nitrogens with one attached hydrogen (secondary N) is 3. The Morgan fingerprint density at radius 2 is 2.00 bits per heavy atom. The Bertz CT molecular complexity index is 923. The van der Waals surface area contributed by atoms with Crippen LogP contribution in [0, 0.1) is 10.8 Å². The number of anilines is 2. The summed E-state index contributed by atoms with van der Waals surface area (Å²) < 4.78 is 22.8. The summed E-state index contributed by atoms with van der Waals surface area (Å²) in [5.74, 6) is 0.231. The van der Waals surface area contributed by atoms with Gasteiger partial charge in [0, 0.05) is 11.9 Å². The number of aromatic nitrogens is 2. The second-order valence-electron chi connectivity index (χ2n) is 5.12. The first-order valence-corrected chi connectivity index (χ1v) is 8.32. The third kappa shape index (κ3) is 3.10. The van der Waals surface area contributed by atoms with E-state index in [0.29, 0.717) is 24.2 Å². The van der Waals surface area contributed by atoms with Crippen LogP contribution in [-0.2, 0) is 16.4 Å². The van der Waals surface area contributed by atoms with Crippen LogP contribution in [-0.4, -0.2) is 29.8 Å². The Labute approximate surface area is 132 Å². The van der Waals surface area contributed by atoms with Gasteiger partial charge >= 0.3 is 0 Å². The molecule has 0 amide bonds. The number of nitrogens with zero attached hydrogens (tertiary/aromatic N) is 2. The first-order chi connectivity index (χ1) is 10.8. The molecule has 9 heteroatoms. The summed E-state index contributed by atoms with van der Waals surface area (Å²) in [6.45, 7) is 0. The van der Waals surface area contributed by atoms with E-state index in [1.165, 1.54) is 12.1 Å². The van der Waals surface area contributed by atoms with Gasteiger partial charge in [-0.15, -0.1) is 0 Å². The largest absolute Gasteiger partial charge is 0.324 e. The number of benzene rings is 1. The molecule has 0 atom stereocenters. The van der Waals surface area contributed by atoms with Crippen LogP contribution in [0.5, 0.6) is 0 Å². The number of primary sulfonamides is 1. The van der Waals surface area contributed by atoms with Crippen LogP contribution >= 0.6 is 0 Å². The van der Waals surface area contributed by atoms with E-state index >= 15 is 0 Å². The Kier molecular flexibility index (Phi) is 3.66. The number of aryl methyl sites for hydroxylation is 1. The minimum atomic E-state index is -3.79. The zero-order valence-corrected chi connectivity index (χ0v) is 12.8. The standard InChI is InChI=1S/C14H14N6O2S/c15-11-5-4-8-7-18-14(20-13(8)12(11)16)19-9-2-1-3-10(6-9)23(17,21)22/h1-3,6-7,15-16H,4-5H2,(H2,17,21,22)(H,18,19,20). The third-order valence-corrected chi connectivity index (χ3v) is 4.38. The van der Waals surface area contributed by atoms with Crippen LogP contribution < -0.4 is 10.5 Å². The second-order valence-corrected chi connectivity index (χ2v) is 6.68. The van der Waals surface area contributed by atoms with Gasteiger partial charge in [-0.05, 0) is 36.6 Å². The SMILES string of the molecule is N=C1CCc2cnc(Nc3cccc(S(N)(=O)=O)c3)nc2C1=N. The molecule has 5 N–H and O–H groups in total. The molecule has 0 spiro atoms. The highest BCUT2D eigenvalue weighted by Gasteiger charge is 2.21. The predicted molar refractivity (Wildman–Crippen MR) is 86.0 cm³/mol. The maximum atomic E-state index is 11.4. The summed E-state index contributed by atoms with van der Waals surface area (Å²) in [5.41, 5.74) is 2.07. The lowest BCUT2D eigenvalue weighted by atomic mass is 9.94. The monoisotopic (exact) mass is 330 g/mol. The molecule has 0 aliphatic heterocycles. The maximum Gasteiger partial charge on any atom is 0.238 e. The summed E-state index contributed by atoms with van der Waals surface area (Å²) in [7, 11) is -3.79. The maximum absolute atomic E-state index is 11.4. The van der Waals surface area contributed by atoms with Crippen molar-refractivity contribution in [2.75, 3.05) is 5.32 Å². The molecule has 1 aliphatic carbocycles. The molecule has 1 heterocycles. The molecule has 0 saturated carbocycles. The molecule has 0 radical (unpaired) electrons. The first-order valence-electron chi connectivity index (χ1n) is 6.77. The number of nitrogens with two attached hydrogens (primary N) is 1. The van der Waals surface area contributed by atoms with Crippen LogP contribution in [0.4, 0.5) is 11.6 Å². The van der Waals surface area contributed by atoms with Gasteiger partial charge in [-0.3, -0.25) is 5.41 Å².